The fourth-order valence-corrected chi connectivity index (χ4v) is 3.90. The molecule has 2 aliphatic rings. The molecule has 29 heavy (non-hydrogen) atoms. The Morgan fingerprint density at radius 2 is 1.66 bits per heavy atom. The van der Waals surface area contributed by atoms with Crippen LogP contribution >= 0.6 is 12.4 Å². The van der Waals surface area contributed by atoms with Crippen molar-refractivity contribution < 1.29 is 9.18 Å². The number of aryl methyl sites for hydroxylation is 2. The largest absolute Gasteiger partial charge is 0.338 e. The number of hydrogen-bond donors (Lipinski definition) is 1. The summed E-state index contributed by atoms with van der Waals surface area (Å²) < 4.78 is 14.8. The molecular formula is C24H30ClFN2O. The van der Waals surface area contributed by atoms with Gasteiger partial charge in [-0.1, -0.05) is 24.3 Å². The second kappa shape index (κ2) is 9.27. The van der Waals surface area contributed by atoms with Crippen LogP contribution in [0.1, 0.15) is 47.2 Å². The number of amides is 1. The number of carbonyl (C=O) groups is 1. The van der Waals surface area contributed by atoms with Gasteiger partial charge in [0, 0.05) is 19.1 Å². The molecule has 3 nitrogen and oxygen atoms in total. The van der Waals surface area contributed by atoms with Crippen LogP contribution in [-0.4, -0.2) is 36.5 Å². The van der Waals surface area contributed by atoms with E-state index >= 15 is 0 Å². The Kier molecular flexibility index (Phi) is 6.97. The van der Waals surface area contributed by atoms with E-state index in [1.54, 1.807) is 11.0 Å². The van der Waals surface area contributed by atoms with Crippen LogP contribution in [0.5, 0.6) is 0 Å². The molecule has 0 unspecified atom stereocenters. The van der Waals surface area contributed by atoms with Gasteiger partial charge in [0.15, 0.2) is 0 Å². The second-order valence-electron chi connectivity index (χ2n) is 8.41. The van der Waals surface area contributed by atoms with Gasteiger partial charge in [-0.15, -0.1) is 12.4 Å². The van der Waals surface area contributed by atoms with Gasteiger partial charge in [-0.2, -0.15) is 0 Å². The van der Waals surface area contributed by atoms with Crippen molar-refractivity contribution in [3.63, 3.8) is 0 Å². The van der Waals surface area contributed by atoms with Gasteiger partial charge in [0.25, 0.3) is 5.91 Å². The maximum Gasteiger partial charge on any atom is 0.256 e. The van der Waals surface area contributed by atoms with Gasteiger partial charge in [-0.25, -0.2) is 4.39 Å². The Morgan fingerprint density at radius 1 is 1.00 bits per heavy atom. The van der Waals surface area contributed by atoms with Crippen molar-refractivity contribution in [2.75, 3.05) is 19.6 Å². The lowest BCUT2D eigenvalue weighted by molar-refractivity contribution is 0.0700. The molecule has 0 aromatic heterocycles. The minimum absolute atomic E-state index is 0. The van der Waals surface area contributed by atoms with Crippen molar-refractivity contribution in [2.45, 2.75) is 45.6 Å². The van der Waals surface area contributed by atoms with E-state index < -0.39 is 5.82 Å². The third-order valence-electron chi connectivity index (χ3n) is 6.21. The number of piperidine rings is 1. The Balaban J connectivity index is 0.00000240. The number of hydrogen-bond acceptors (Lipinski definition) is 2. The van der Waals surface area contributed by atoms with Gasteiger partial charge in [0.2, 0.25) is 0 Å². The first-order valence-electron chi connectivity index (χ1n) is 10.4. The highest BCUT2D eigenvalue weighted by Crippen LogP contribution is 2.28. The van der Waals surface area contributed by atoms with Crippen LogP contribution in [0, 0.1) is 25.6 Å². The summed E-state index contributed by atoms with van der Waals surface area (Å²) in [5.74, 6) is 0.240. The standard InChI is InChI=1S/C24H29FN2O.ClH/c1-16-3-6-19(13-17(16)2)20-7-8-22(23(25)14-20)24(28)27-11-9-21(10-12-27)26-15-18-4-5-18;/h3,6-8,13-14,18,21,26H,4-5,9-12,15H2,1-2H3;1H. The Bertz CT molecular complexity index is 873. The number of halogens is 2. The molecule has 0 bridgehead atoms. The summed E-state index contributed by atoms with van der Waals surface area (Å²) in [6.45, 7) is 6.61. The van der Waals surface area contributed by atoms with Crippen LogP contribution in [0.3, 0.4) is 0 Å². The highest BCUT2D eigenvalue weighted by Gasteiger charge is 2.27. The van der Waals surface area contributed by atoms with Gasteiger partial charge in [-0.05, 0) is 86.4 Å². The zero-order chi connectivity index (χ0) is 19.7. The van der Waals surface area contributed by atoms with Crippen molar-refractivity contribution >= 4 is 18.3 Å². The van der Waals surface area contributed by atoms with Crippen molar-refractivity contribution in [1.29, 1.82) is 0 Å². The van der Waals surface area contributed by atoms with E-state index in [2.05, 4.69) is 25.2 Å². The summed E-state index contributed by atoms with van der Waals surface area (Å²) in [6, 6.07) is 11.6. The van der Waals surface area contributed by atoms with Gasteiger partial charge in [-0.3, -0.25) is 4.79 Å². The lowest BCUT2D eigenvalue weighted by Gasteiger charge is -2.32. The zero-order valence-corrected chi connectivity index (χ0v) is 18.0. The Morgan fingerprint density at radius 3 is 2.28 bits per heavy atom. The molecule has 1 N–H and O–H groups in total. The van der Waals surface area contributed by atoms with Crippen molar-refractivity contribution in [3.05, 3.63) is 58.9 Å². The Labute approximate surface area is 179 Å². The first kappa shape index (κ1) is 21.8. The lowest BCUT2D eigenvalue weighted by Crippen LogP contribution is -2.45. The molecule has 4 rings (SSSR count). The summed E-state index contributed by atoms with van der Waals surface area (Å²) in [6.07, 6.45) is 4.59. The fraction of sp³-hybridized carbons (Fsp3) is 0.458. The van der Waals surface area contributed by atoms with Crippen LogP contribution in [0.25, 0.3) is 11.1 Å². The summed E-state index contributed by atoms with van der Waals surface area (Å²) in [4.78, 5) is 14.6. The van der Waals surface area contributed by atoms with E-state index in [-0.39, 0.29) is 23.9 Å². The number of benzene rings is 2. The van der Waals surface area contributed by atoms with E-state index in [1.807, 2.05) is 18.2 Å². The average Bonchev–Trinajstić information content (AvgIpc) is 3.53. The van der Waals surface area contributed by atoms with Crippen molar-refractivity contribution in [1.82, 2.24) is 10.2 Å². The van der Waals surface area contributed by atoms with E-state index in [1.165, 1.54) is 30.0 Å². The molecule has 1 saturated carbocycles. The average molecular weight is 417 g/mol. The van der Waals surface area contributed by atoms with E-state index in [0.29, 0.717) is 19.1 Å². The fourth-order valence-electron chi connectivity index (χ4n) is 3.90. The predicted octanol–water partition coefficient (Wildman–Crippen LogP) is 5.14. The Hall–Kier alpha value is -1.91. The maximum absolute atomic E-state index is 14.8. The van der Waals surface area contributed by atoms with Crippen LogP contribution in [0.15, 0.2) is 36.4 Å². The van der Waals surface area contributed by atoms with Crippen LogP contribution in [0.2, 0.25) is 0 Å². The molecule has 0 atom stereocenters. The lowest BCUT2D eigenvalue weighted by atomic mass is 9.98. The summed E-state index contributed by atoms with van der Waals surface area (Å²) in [7, 11) is 0. The van der Waals surface area contributed by atoms with Gasteiger partial charge in [0.1, 0.15) is 5.82 Å². The molecule has 156 valence electrons. The second-order valence-corrected chi connectivity index (χ2v) is 8.41. The molecule has 1 saturated heterocycles. The molecule has 5 heteroatoms. The summed E-state index contributed by atoms with van der Waals surface area (Å²) in [5.41, 5.74) is 4.35. The molecule has 0 spiro atoms. The number of likely N-dealkylation sites (tertiary alicyclic amines) is 1. The minimum Gasteiger partial charge on any atom is -0.338 e. The van der Waals surface area contributed by atoms with Gasteiger partial charge < -0.3 is 10.2 Å². The third-order valence-corrected chi connectivity index (χ3v) is 6.21. The smallest absolute Gasteiger partial charge is 0.256 e. The number of nitrogens with one attached hydrogen (secondary N) is 1. The molecule has 2 aromatic rings. The van der Waals surface area contributed by atoms with Crippen LogP contribution in [-0.2, 0) is 0 Å². The van der Waals surface area contributed by atoms with E-state index in [4.69, 9.17) is 0 Å². The monoisotopic (exact) mass is 416 g/mol. The summed E-state index contributed by atoms with van der Waals surface area (Å²) >= 11 is 0. The molecule has 0 radical (unpaired) electrons. The molecule has 1 aliphatic carbocycles. The number of rotatable bonds is 5. The SMILES string of the molecule is Cc1ccc(-c2ccc(C(=O)N3CCC(NCC4CC4)CC3)c(F)c2)cc1C.Cl. The normalized spacial score (nSPS) is 17.1. The third kappa shape index (κ3) is 5.18. The van der Waals surface area contributed by atoms with Crippen LogP contribution < -0.4 is 5.32 Å². The van der Waals surface area contributed by atoms with E-state index in [0.717, 1.165) is 36.4 Å². The molecule has 2 fully saturated rings. The molecular weight excluding hydrogens is 387 g/mol. The van der Waals surface area contributed by atoms with Crippen molar-refractivity contribution in [2.24, 2.45) is 5.92 Å². The molecule has 1 amide bonds. The van der Waals surface area contributed by atoms with Crippen LogP contribution in [0.4, 0.5) is 4.39 Å². The van der Waals surface area contributed by atoms with E-state index in [9.17, 15) is 9.18 Å². The topological polar surface area (TPSA) is 32.3 Å². The van der Waals surface area contributed by atoms with Crippen molar-refractivity contribution in [3.8, 4) is 11.1 Å². The first-order chi connectivity index (χ1) is 13.5. The van der Waals surface area contributed by atoms with Gasteiger partial charge in [0.05, 0.1) is 5.56 Å². The minimum atomic E-state index is -0.435. The molecule has 2 aromatic carbocycles. The predicted molar refractivity (Wildman–Crippen MR) is 118 cm³/mol. The quantitative estimate of drug-likeness (QED) is 0.732. The van der Waals surface area contributed by atoms with Gasteiger partial charge >= 0.3 is 0 Å². The highest BCUT2D eigenvalue weighted by atomic mass is 35.5. The number of nitrogens with zero attached hydrogens (tertiary/aromatic N) is 1. The molecule has 1 aliphatic heterocycles. The highest BCUT2D eigenvalue weighted by molar-refractivity contribution is 5.95. The summed E-state index contributed by atoms with van der Waals surface area (Å²) in [5, 5.41) is 3.62. The molecule has 1 heterocycles. The maximum atomic E-state index is 14.8. The zero-order valence-electron chi connectivity index (χ0n) is 17.2. The first-order valence-corrected chi connectivity index (χ1v) is 10.4. The number of carbonyl (C=O) groups excluding carboxylic acids is 1.